The minimum absolute atomic E-state index is 0.116. The van der Waals surface area contributed by atoms with E-state index in [-0.39, 0.29) is 30.5 Å². The van der Waals surface area contributed by atoms with Crippen molar-refractivity contribution >= 4 is 40.7 Å². The normalized spacial score (nSPS) is 14.7. The van der Waals surface area contributed by atoms with Crippen LogP contribution in [-0.4, -0.2) is 54.6 Å². The molecular formula is C33H49N5O5. The van der Waals surface area contributed by atoms with Crippen LogP contribution in [0.2, 0.25) is 0 Å². The van der Waals surface area contributed by atoms with Crippen LogP contribution in [0.5, 0.6) is 0 Å². The van der Waals surface area contributed by atoms with Gasteiger partial charge in [-0.2, -0.15) is 0 Å². The van der Waals surface area contributed by atoms with Gasteiger partial charge in [0.15, 0.2) is 5.78 Å². The Morgan fingerprint density at radius 1 is 0.907 bits per heavy atom. The molecule has 0 bridgehead atoms. The first-order chi connectivity index (χ1) is 20.5. The highest BCUT2D eigenvalue weighted by atomic mass is 16.2. The predicted octanol–water partition coefficient (Wildman–Crippen LogP) is 2.75. The van der Waals surface area contributed by atoms with Gasteiger partial charge in [0, 0.05) is 18.8 Å². The molecule has 2 aromatic carbocycles. The summed E-state index contributed by atoms with van der Waals surface area (Å²) < 4.78 is 0. The van der Waals surface area contributed by atoms with E-state index in [2.05, 4.69) is 16.0 Å². The summed E-state index contributed by atoms with van der Waals surface area (Å²) in [6.45, 7) is 8.09. The van der Waals surface area contributed by atoms with Gasteiger partial charge in [0.1, 0.15) is 12.1 Å². The zero-order chi connectivity index (χ0) is 31.9. The summed E-state index contributed by atoms with van der Waals surface area (Å²) in [6, 6.07) is 11.1. The third-order valence-electron chi connectivity index (χ3n) is 7.89. The van der Waals surface area contributed by atoms with Gasteiger partial charge < -0.3 is 27.4 Å². The fraction of sp³-hybridized carbons (Fsp3) is 0.545. The number of hydrogen-bond donors (Lipinski definition) is 5. The average molecular weight is 596 g/mol. The lowest BCUT2D eigenvalue weighted by Crippen LogP contribution is -2.53. The number of unbranched alkanes of at least 4 members (excludes halogenated alkanes) is 1. The summed E-state index contributed by atoms with van der Waals surface area (Å²) >= 11 is 0. The molecule has 0 heterocycles. The second kappa shape index (κ2) is 18.0. The second-order valence-electron chi connectivity index (χ2n) is 11.8. The Bertz CT molecular complexity index is 1230. The summed E-state index contributed by atoms with van der Waals surface area (Å²) in [4.78, 5) is 63.9. The molecule has 10 nitrogen and oxygen atoms in total. The maximum Gasteiger partial charge on any atom is 0.243 e. The number of hydrogen-bond acceptors (Lipinski definition) is 6. The fourth-order valence-electron chi connectivity index (χ4n) is 5.18. The molecule has 0 aliphatic rings. The fourth-order valence-corrected chi connectivity index (χ4v) is 5.18. The minimum Gasteiger partial charge on any atom is -0.368 e. The Morgan fingerprint density at radius 3 is 2.21 bits per heavy atom. The van der Waals surface area contributed by atoms with E-state index in [4.69, 9.17) is 11.5 Å². The number of benzene rings is 2. The van der Waals surface area contributed by atoms with Crippen LogP contribution in [0.4, 0.5) is 0 Å². The molecule has 236 valence electrons. The minimum atomic E-state index is -0.894. The molecule has 43 heavy (non-hydrogen) atoms. The first kappa shape index (κ1) is 35.4. The van der Waals surface area contributed by atoms with E-state index < -0.39 is 41.8 Å². The molecule has 0 spiro atoms. The van der Waals surface area contributed by atoms with E-state index in [9.17, 15) is 24.0 Å². The van der Waals surface area contributed by atoms with Crippen LogP contribution in [0.15, 0.2) is 42.5 Å². The van der Waals surface area contributed by atoms with Crippen LogP contribution >= 0.6 is 0 Å². The molecule has 2 aromatic rings. The summed E-state index contributed by atoms with van der Waals surface area (Å²) in [7, 11) is 0. The summed E-state index contributed by atoms with van der Waals surface area (Å²) in [5.41, 5.74) is 12.1. The standard InChI is InChI=1S/C33H49N5O5/c1-5-22(4)30(29(40)19-26(12-8-9-15-34)32(42)37-27(31(35)41)16-21(2)3)38-33(43)28(36-20-39)18-23-13-14-24-10-6-7-11-25(24)17-23/h6-7,10-11,13-14,17,20-22,26-28,30H,5,8-9,12,15-16,18-19,34H2,1-4H3,(H2,35,41)(H,36,39)(H,37,42)(H,38,43)/t22-,26+,27-,28-,30-/m0/s1. The van der Waals surface area contributed by atoms with Crippen LogP contribution in [0.25, 0.3) is 10.8 Å². The van der Waals surface area contributed by atoms with Crippen molar-refractivity contribution in [2.24, 2.45) is 29.2 Å². The molecule has 10 heteroatoms. The Hall–Kier alpha value is -3.79. The van der Waals surface area contributed by atoms with E-state index in [0.29, 0.717) is 45.1 Å². The van der Waals surface area contributed by atoms with Crippen LogP contribution < -0.4 is 27.4 Å². The van der Waals surface area contributed by atoms with Gasteiger partial charge in [-0.1, -0.05) is 83.0 Å². The van der Waals surface area contributed by atoms with Crippen molar-refractivity contribution in [3.05, 3.63) is 48.0 Å². The van der Waals surface area contributed by atoms with Crippen molar-refractivity contribution in [2.45, 2.75) is 90.8 Å². The van der Waals surface area contributed by atoms with Crippen LogP contribution in [-0.2, 0) is 30.4 Å². The van der Waals surface area contributed by atoms with Crippen molar-refractivity contribution in [2.75, 3.05) is 6.54 Å². The molecule has 0 aromatic heterocycles. The van der Waals surface area contributed by atoms with Crippen LogP contribution in [0, 0.1) is 17.8 Å². The van der Waals surface area contributed by atoms with E-state index in [1.165, 1.54) is 0 Å². The van der Waals surface area contributed by atoms with Crippen molar-refractivity contribution in [1.82, 2.24) is 16.0 Å². The lowest BCUT2D eigenvalue weighted by atomic mass is 9.87. The first-order valence-electron chi connectivity index (χ1n) is 15.3. The largest absolute Gasteiger partial charge is 0.368 e. The number of carbonyl (C=O) groups is 5. The van der Waals surface area contributed by atoms with Crippen molar-refractivity contribution in [3.63, 3.8) is 0 Å². The number of rotatable bonds is 20. The Kier molecular flexibility index (Phi) is 14.8. The van der Waals surface area contributed by atoms with Crippen molar-refractivity contribution in [3.8, 4) is 0 Å². The Balaban J connectivity index is 2.22. The molecule has 4 amide bonds. The highest BCUT2D eigenvalue weighted by molar-refractivity contribution is 5.95. The number of nitrogens with two attached hydrogens (primary N) is 2. The van der Waals surface area contributed by atoms with Crippen LogP contribution in [0.3, 0.4) is 0 Å². The first-order valence-corrected chi connectivity index (χ1v) is 15.3. The van der Waals surface area contributed by atoms with Crippen molar-refractivity contribution < 1.29 is 24.0 Å². The van der Waals surface area contributed by atoms with E-state index in [0.717, 1.165) is 16.3 Å². The van der Waals surface area contributed by atoms with E-state index in [1.807, 2.05) is 70.2 Å². The molecule has 0 radical (unpaired) electrons. The monoisotopic (exact) mass is 595 g/mol. The van der Waals surface area contributed by atoms with Gasteiger partial charge in [-0.25, -0.2) is 0 Å². The molecule has 0 aliphatic carbocycles. The summed E-state index contributed by atoms with van der Waals surface area (Å²) in [5.74, 6) is -2.61. The third kappa shape index (κ3) is 11.4. The lowest BCUT2D eigenvalue weighted by Gasteiger charge is -2.28. The van der Waals surface area contributed by atoms with Crippen molar-refractivity contribution in [1.29, 1.82) is 0 Å². The number of primary amides is 1. The second-order valence-corrected chi connectivity index (χ2v) is 11.8. The van der Waals surface area contributed by atoms with Gasteiger partial charge >= 0.3 is 0 Å². The SMILES string of the molecule is CC[C@H](C)[C@H](NC(=O)[C@H](Cc1ccc2ccccc2c1)NC=O)C(=O)C[C@@H](CCCCN)C(=O)N[C@@H](CC(C)C)C(N)=O. The molecule has 0 fully saturated rings. The summed E-state index contributed by atoms with van der Waals surface area (Å²) in [5, 5.41) is 10.3. The Labute approximate surface area is 255 Å². The number of amides is 4. The smallest absolute Gasteiger partial charge is 0.243 e. The summed E-state index contributed by atoms with van der Waals surface area (Å²) in [6.07, 6.45) is 3.32. The number of carbonyl (C=O) groups excluding carboxylic acids is 5. The average Bonchev–Trinajstić information content (AvgIpc) is 2.97. The lowest BCUT2D eigenvalue weighted by molar-refractivity contribution is -0.135. The zero-order valence-electron chi connectivity index (χ0n) is 25.9. The third-order valence-corrected chi connectivity index (χ3v) is 7.89. The number of ketones is 1. The highest BCUT2D eigenvalue weighted by Gasteiger charge is 2.33. The maximum atomic E-state index is 13.7. The highest BCUT2D eigenvalue weighted by Crippen LogP contribution is 2.21. The molecule has 5 atom stereocenters. The number of Topliss-reactive ketones (excluding diaryl/α,β-unsaturated/α-hetero) is 1. The molecule has 0 unspecified atom stereocenters. The zero-order valence-corrected chi connectivity index (χ0v) is 25.9. The van der Waals surface area contributed by atoms with Gasteiger partial charge in [-0.15, -0.1) is 0 Å². The quantitative estimate of drug-likeness (QED) is 0.116. The van der Waals surface area contributed by atoms with E-state index in [1.54, 1.807) is 0 Å². The van der Waals surface area contributed by atoms with Gasteiger partial charge in [-0.05, 0) is 54.0 Å². The molecular weight excluding hydrogens is 546 g/mol. The predicted molar refractivity (Wildman–Crippen MR) is 169 cm³/mol. The topological polar surface area (TPSA) is 173 Å². The molecule has 0 aliphatic heterocycles. The molecule has 0 saturated heterocycles. The maximum absolute atomic E-state index is 13.7. The number of fused-ring (bicyclic) bond motifs is 1. The van der Waals surface area contributed by atoms with Gasteiger partial charge in [0.25, 0.3) is 0 Å². The van der Waals surface area contributed by atoms with Gasteiger partial charge in [-0.3, -0.25) is 24.0 Å². The Morgan fingerprint density at radius 2 is 1.60 bits per heavy atom. The molecule has 2 rings (SSSR count). The number of nitrogens with one attached hydrogen (secondary N) is 3. The van der Waals surface area contributed by atoms with Gasteiger partial charge in [0.2, 0.25) is 24.1 Å². The molecule has 7 N–H and O–H groups in total. The van der Waals surface area contributed by atoms with E-state index >= 15 is 0 Å². The van der Waals surface area contributed by atoms with Gasteiger partial charge in [0.05, 0.1) is 6.04 Å². The molecule has 0 saturated carbocycles. The van der Waals surface area contributed by atoms with Crippen LogP contribution in [0.1, 0.15) is 71.8 Å².